The molecule has 39 heavy (non-hydrogen) atoms. The van der Waals surface area contributed by atoms with Crippen LogP contribution in [0.1, 0.15) is 33.4 Å². The molecule has 5 rings (SSSR count). The Labute approximate surface area is 228 Å². The summed E-state index contributed by atoms with van der Waals surface area (Å²) >= 11 is 0. The predicted octanol–water partition coefficient (Wildman–Crippen LogP) is 7.70. The van der Waals surface area contributed by atoms with Gasteiger partial charge in [0, 0.05) is 39.3 Å². The molecule has 0 atom stereocenters. The van der Waals surface area contributed by atoms with Crippen molar-refractivity contribution >= 4 is 17.1 Å². The Morgan fingerprint density at radius 1 is 0.385 bits per heavy atom. The molecule has 5 aromatic rings. The third-order valence-corrected chi connectivity index (χ3v) is 6.02. The van der Waals surface area contributed by atoms with E-state index in [0.717, 1.165) is 22.6 Å². The summed E-state index contributed by atoms with van der Waals surface area (Å²) in [6.45, 7) is 0. The molecule has 5 aromatic carbocycles. The zero-order chi connectivity index (χ0) is 26.9. The minimum atomic E-state index is 0.457. The van der Waals surface area contributed by atoms with Crippen molar-refractivity contribution in [1.29, 1.82) is 10.5 Å². The smallest absolute Gasteiger partial charge is 0.100 e. The molecule has 0 bridgehead atoms. The molecule has 0 saturated heterocycles. The zero-order valence-electron chi connectivity index (χ0n) is 21.0. The van der Waals surface area contributed by atoms with Gasteiger partial charge in [-0.2, -0.15) is 10.5 Å². The van der Waals surface area contributed by atoms with Crippen molar-refractivity contribution in [2.24, 2.45) is 0 Å². The van der Waals surface area contributed by atoms with Gasteiger partial charge in [0.15, 0.2) is 0 Å². The highest BCUT2D eigenvalue weighted by Crippen LogP contribution is 2.34. The van der Waals surface area contributed by atoms with Crippen LogP contribution in [0.2, 0.25) is 0 Å². The molecule has 0 spiro atoms. The standard InChI is InChI=1S/C36H21N3/c37-26-32-10-8-7-9-30(32)21-16-29-17-22-31(33(25-29)27-38)20-15-28-18-23-36(24-19-28)39(34-11-3-1-4-12-34)35-13-5-2-6-14-35/h1-14,17-19,22-25H. The lowest BCUT2D eigenvalue weighted by Gasteiger charge is -2.25. The number of nitriles is 2. The average molecular weight is 496 g/mol. The fourth-order valence-corrected chi connectivity index (χ4v) is 4.09. The molecule has 3 nitrogen and oxygen atoms in total. The van der Waals surface area contributed by atoms with Crippen molar-refractivity contribution < 1.29 is 0 Å². The lowest BCUT2D eigenvalue weighted by atomic mass is 10.0. The van der Waals surface area contributed by atoms with Crippen LogP contribution >= 0.6 is 0 Å². The van der Waals surface area contributed by atoms with Crippen LogP contribution in [-0.2, 0) is 0 Å². The molecule has 0 fully saturated rings. The van der Waals surface area contributed by atoms with Gasteiger partial charge >= 0.3 is 0 Å². The SMILES string of the molecule is N#Cc1ccccc1C#Cc1ccc(C#Cc2ccc(N(c3ccccc3)c3ccccc3)cc2)c(C#N)c1. The number of hydrogen-bond acceptors (Lipinski definition) is 3. The second kappa shape index (κ2) is 11.8. The van der Waals surface area contributed by atoms with Gasteiger partial charge in [-0.3, -0.25) is 0 Å². The molecule has 0 saturated carbocycles. The lowest BCUT2D eigenvalue weighted by Crippen LogP contribution is -2.09. The van der Waals surface area contributed by atoms with Crippen molar-refractivity contribution in [3.8, 4) is 35.8 Å². The highest BCUT2D eigenvalue weighted by Gasteiger charge is 2.11. The first-order valence-corrected chi connectivity index (χ1v) is 12.3. The van der Waals surface area contributed by atoms with Gasteiger partial charge in [-0.05, 0) is 78.9 Å². The van der Waals surface area contributed by atoms with Gasteiger partial charge in [-0.15, -0.1) is 0 Å². The summed E-state index contributed by atoms with van der Waals surface area (Å²) in [5.74, 6) is 12.4. The number of para-hydroxylation sites is 2. The van der Waals surface area contributed by atoms with Crippen molar-refractivity contribution in [2.75, 3.05) is 4.90 Å². The maximum Gasteiger partial charge on any atom is 0.100 e. The second-order valence-corrected chi connectivity index (χ2v) is 8.58. The van der Waals surface area contributed by atoms with Crippen LogP contribution in [-0.4, -0.2) is 0 Å². The van der Waals surface area contributed by atoms with E-state index in [0.29, 0.717) is 27.8 Å². The zero-order valence-corrected chi connectivity index (χ0v) is 21.0. The minimum absolute atomic E-state index is 0.457. The van der Waals surface area contributed by atoms with Crippen LogP contribution in [0.5, 0.6) is 0 Å². The van der Waals surface area contributed by atoms with E-state index in [1.165, 1.54) is 0 Å². The molecule has 3 heteroatoms. The summed E-state index contributed by atoms with van der Waals surface area (Å²) in [5, 5.41) is 19.0. The van der Waals surface area contributed by atoms with Gasteiger partial charge in [0.25, 0.3) is 0 Å². The molecule has 0 N–H and O–H groups in total. The van der Waals surface area contributed by atoms with E-state index < -0.39 is 0 Å². The molecule has 0 heterocycles. The van der Waals surface area contributed by atoms with Gasteiger partial charge in [0.05, 0.1) is 11.1 Å². The maximum atomic E-state index is 9.71. The van der Waals surface area contributed by atoms with Gasteiger partial charge in [-0.1, -0.05) is 72.2 Å². The number of nitrogens with zero attached hydrogens (tertiary/aromatic N) is 3. The van der Waals surface area contributed by atoms with Crippen LogP contribution in [0.15, 0.2) is 127 Å². The third-order valence-electron chi connectivity index (χ3n) is 6.02. The maximum absolute atomic E-state index is 9.71. The fourth-order valence-electron chi connectivity index (χ4n) is 4.09. The Hall–Kier alpha value is -6.00. The molecule has 0 amide bonds. The average Bonchev–Trinajstić information content (AvgIpc) is 3.01. The summed E-state index contributed by atoms with van der Waals surface area (Å²) in [5.41, 5.74) is 6.98. The van der Waals surface area contributed by atoms with E-state index in [9.17, 15) is 10.5 Å². The molecular weight excluding hydrogens is 474 g/mol. The van der Waals surface area contributed by atoms with Crippen LogP contribution in [0.25, 0.3) is 0 Å². The monoisotopic (exact) mass is 495 g/mol. The summed E-state index contributed by atoms with van der Waals surface area (Å²) in [7, 11) is 0. The van der Waals surface area contributed by atoms with E-state index in [1.54, 1.807) is 24.3 Å². The molecule has 0 aliphatic carbocycles. The minimum Gasteiger partial charge on any atom is -0.311 e. The molecule has 180 valence electrons. The number of hydrogen-bond donors (Lipinski definition) is 0. The van der Waals surface area contributed by atoms with Gasteiger partial charge in [-0.25, -0.2) is 0 Å². The van der Waals surface area contributed by atoms with Gasteiger partial charge in [0.1, 0.15) is 12.1 Å². The van der Waals surface area contributed by atoms with E-state index in [2.05, 4.69) is 65.0 Å². The first-order valence-electron chi connectivity index (χ1n) is 12.3. The molecule has 0 unspecified atom stereocenters. The van der Waals surface area contributed by atoms with E-state index >= 15 is 0 Å². The molecule has 0 aromatic heterocycles. The number of rotatable bonds is 3. The van der Waals surface area contributed by atoms with Crippen LogP contribution in [0.4, 0.5) is 17.1 Å². The molecule has 0 radical (unpaired) electrons. The van der Waals surface area contributed by atoms with Crippen LogP contribution < -0.4 is 4.90 Å². The van der Waals surface area contributed by atoms with Crippen molar-refractivity contribution in [2.45, 2.75) is 0 Å². The van der Waals surface area contributed by atoms with Gasteiger partial charge in [0.2, 0.25) is 0 Å². The quantitative estimate of drug-likeness (QED) is 0.241. The Morgan fingerprint density at radius 2 is 0.846 bits per heavy atom. The van der Waals surface area contributed by atoms with Crippen molar-refractivity contribution in [1.82, 2.24) is 0 Å². The topological polar surface area (TPSA) is 50.8 Å². The van der Waals surface area contributed by atoms with Crippen LogP contribution in [0, 0.1) is 46.3 Å². The summed E-state index contributed by atoms with van der Waals surface area (Å²) in [6, 6.07) is 45.5. The largest absolute Gasteiger partial charge is 0.311 e. The third kappa shape index (κ3) is 5.88. The van der Waals surface area contributed by atoms with E-state index in [-0.39, 0.29) is 0 Å². The number of benzene rings is 5. The predicted molar refractivity (Wildman–Crippen MR) is 155 cm³/mol. The Morgan fingerprint density at radius 3 is 1.44 bits per heavy atom. The first kappa shape index (κ1) is 24.7. The Balaban J connectivity index is 1.40. The Kier molecular flexibility index (Phi) is 7.48. The molecular formula is C36H21N3. The van der Waals surface area contributed by atoms with E-state index in [4.69, 9.17) is 0 Å². The van der Waals surface area contributed by atoms with Crippen molar-refractivity contribution in [3.05, 3.63) is 161 Å². The number of anilines is 3. The first-order chi connectivity index (χ1) is 19.2. The molecule has 0 aliphatic heterocycles. The second-order valence-electron chi connectivity index (χ2n) is 8.58. The summed E-state index contributed by atoms with van der Waals surface area (Å²) in [4.78, 5) is 2.19. The van der Waals surface area contributed by atoms with E-state index in [1.807, 2.05) is 78.9 Å². The summed E-state index contributed by atoms with van der Waals surface area (Å²) < 4.78 is 0. The van der Waals surface area contributed by atoms with Crippen LogP contribution in [0.3, 0.4) is 0 Å². The fraction of sp³-hybridized carbons (Fsp3) is 0. The van der Waals surface area contributed by atoms with Gasteiger partial charge < -0.3 is 4.90 Å². The highest BCUT2D eigenvalue weighted by molar-refractivity contribution is 5.76. The highest BCUT2D eigenvalue weighted by atomic mass is 15.1. The van der Waals surface area contributed by atoms with Crippen molar-refractivity contribution in [3.63, 3.8) is 0 Å². The normalized spacial score (nSPS) is 9.59. The molecule has 0 aliphatic rings. The summed E-state index contributed by atoms with van der Waals surface area (Å²) in [6.07, 6.45) is 0. The Bertz CT molecular complexity index is 1780. The lowest BCUT2D eigenvalue weighted by molar-refractivity contribution is 1.28.